The fraction of sp³-hybridized carbons (Fsp3) is 0.250. The van der Waals surface area contributed by atoms with Gasteiger partial charge >= 0.3 is 6.18 Å². The third-order valence-electron chi connectivity index (χ3n) is 4.20. The Morgan fingerprint density at radius 1 is 1.06 bits per heavy atom. The Bertz CT molecular complexity index is 943. The van der Waals surface area contributed by atoms with Crippen molar-refractivity contribution in [3.63, 3.8) is 0 Å². The predicted octanol–water partition coefficient (Wildman–Crippen LogP) is 0.411. The summed E-state index contributed by atoms with van der Waals surface area (Å²) >= 11 is 0. The molecule has 1 heterocycles. The average Bonchev–Trinajstić information content (AvgIpc) is 2.98. The molecule has 8 nitrogen and oxygen atoms in total. The van der Waals surface area contributed by atoms with Crippen LogP contribution in [0.15, 0.2) is 42.5 Å². The number of halogens is 3. The molecular weight excluding hydrogens is 421 g/mol. The van der Waals surface area contributed by atoms with Crippen LogP contribution in [0.3, 0.4) is 0 Å². The number of carbonyl (C=O) groups excluding carboxylic acids is 3. The highest BCUT2D eigenvalue weighted by Crippen LogP contribution is 2.28. The highest BCUT2D eigenvalue weighted by Gasteiger charge is 2.34. The van der Waals surface area contributed by atoms with Crippen molar-refractivity contribution in [1.29, 1.82) is 0 Å². The van der Waals surface area contributed by atoms with E-state index in [1.54, 1.807) is 31.4 Å². The van der Waals surface area contributed by atoms with Gasteiger partial charge in [-0.05, 0) is 30.3 Å². The molecule has 166 valence electrons. The highest BCUT2D eigenvalue weighted by molar-refractivity contribution is 6.21. The number of quaternary nitrogens is 1. The van der Waals surface area contributed by atoms with Gasteiger partial charge in [-0.15, -0.1) is 0 Å². The van der Waals surface area contributed by atoms with Gasteiger partial charge in [-0.1, -0.05) is 12.1 Å². The summed E-state index contributed by atoms with van der Waals surface area (Å²) in [6.45, 7) is 1.05. The number of fused-ring (bicyclic) bond motifs is 1. The Balaban J connectivity index is 0.000000423. The predicted molar refractivity (Wildman–Crippen MR) is 98.0 cm³/mol. The van der Waals surface area contributed by atoms with Gasteiger partial charge in [0, 0.05) is 5.56 Å². The van der Waals surface area contributed by atoms with Gasteiger partial charge < -0.3 is 25.1 Å². The molecule has 2 aromatic rings. The van der Waals surface area contributed by atoms with E-state index in [1.165, 1.54) is 4.90 Å². The zero-order valence-electron chi connectivity index (χ0n) is 16.4. The minimum Gasteiger partial charge on any atom is -0.542 e. The second-order valence-electron chi connectivity index (χ2n) is 6.18. The smallest absolute Gasteiger partial charge is 0.430 e. The van der Waals surface area contributed by atoms with E-state index in [4.69, 9.17) is 19.4 Å². The molecule has 0 atom stereocenters. The minimum atomic E-state index is -5.19. The number of nitrogens with zero attached hydrogens (tertiary/aromatic N) is 1. The number of methoxy groups -OCH3 is 1. The first kappa shape index (κ1) is 23.7. The van der Waals surface area contributed by atoms with E-state index in [-0.39, 0.29) is 25.0 Å². The third kappa shape index (κ3) is 5.72. The van der Waals surface area contributed by atoms with Crippen molar-refractivity contribution in [3.8, 4) is 11.5 Å². The first-order valence-corrected chi connectivity index (χ1v) is 8.92. The Labute approximate surface area is 175 Å². The SMILES string of the molecule is COc1cc(C[NH3+])ccc1OCCN1C(=O)c2ccccc2C1=O.O=C([O-])C(F)(F)F. The summed E-state index contributed by atoms with van der Waals surface area (Å²) in [5.41, 5.74) is 5.76. The first-order chi connectivity index (χ1) is 14.6. The van der Waals surface area contributed by atoms with Crippen LogP contribution in [0.1, 0.15) is 26.3 Å². The molecule has 0 saturated carbocycles. The Hall–Kier alpha value is -3.60. The number of imide groups is 1. The normalized spacial score (nSPS) is 12.7. The summed E-state index contributed by atoms with van der Waals surface area (Å²) in [5.74, 6) is -2.38. The third-order valence-corrected chi connectivity index (χ3v) is 4.20. The molecular formula is C20H19F3N2O6. The van der Waals surface area contributed by atoms with E-state index in [9.17, 15) is 22.8 Å². The lowest BCUT2D eigenvalue weighted by Gasteiger charge is -2.16. The van der Waals surface area contributed by atoms with Gasteiger partial charge in [0.2, 0.25) is 0 Å². The molecule has 2 amide bonds. The summed E-state index contributed by atoms with van der Waals surface area (Å²) < 4.78 is 42.5. The van der Waals surface area contributed by atoms with Gasteiger partial charge in [0.1, 0.15) is 12.6 Å². The van der Waals surface area contributed by atoms with Crippen LogP contribution in [0, 0.1) is 0 Å². The average molecular weight is 440 g/mol. The van der Waals surface area contributed by atoms with E-state index < -0.39 is 12.1 Å². The van der Waals surface area contributed by atoms with Gasteiger partial charge in [0.25, 0.3) is 11.8 Å². The maximum atomic E-state index is 12.3. The maximum absolute atomic E-state index is 12.3. The number of alkyl halides is 3. The van der Waals surface area contributed by atoms with E-state index in [0.717, 1.165) is 5.56 Å². The van der Waals surface area contributed by atoms with Crippen LogP contribution in [0.4, 0.5) is 13.2 Å². The summed E-state index contributed by atoms with van der Waals surface area (Å²) in [4.78, 5) is 34.5. The summed E-state index contributed by atoms with van der Waals surface area (Å²) in [7, 11) is 1.57. The molecule has 0 unspecified atom stereocenters. The van der Waals surface area contributed by atoms with Crippen LogP contribution < -0.4 is 20.3 Å². The molecule has 1 aliphatic heterocycles. The van der Waals surface area contributed by atoms with Crippen molar-refractivity contribution < 1.29 is 47.9 Å². The molecule has 0 aromatic heterocycles. The maximum Gasteiger partial charge on any atom is 0.430 e. The standard InChI is InChI=1S/C18H18N2O4.C2HF3O2/c1-23-16-10-12(11-19)6-7-15(16)24-9-8-20-17(21)13-4-2-3-5-14(13)18(20)22;3-2(4,5)1(6)7/h2-7,10H,8-9,11,19H2,1H3;(H,6,7). The number of benzene rings is 2. The van der Waals surface area contributed by atoms with Gasteiger partial charge in [-0.25, -0.2) is 0 Å². The molecule has 1 aliphatic rings. The molecule has 0 radical (unpaired) electrons. The largest absolute Gasteiger partial charge is 0.542 e. The van der Waals surface area contributed by atoms with E-state index in [0.29, 0.717) is 29.2 Å². The topological polar surface area (TPSA) is 124 Å². The van der Waals surface area contributed by atoms with Crippen LogP contribution in [0.2, 0.25) is 0 Å². The molecule has 0 fully saturated rings. The van der Waals surface area contributed by atoms with Gasteiger partial charge in [0.15, 0.2) is 11.5 Å². The molecule has 31 heavy (non-hydrogen) atoms. The molecule has 2 aromatic carbocycles. The van der Waals surface area contributed by atoms with Crippen LogP contribution in [-0.4, -0.2) is 49.1 Å². The van der Waals surface area contributed by atoms with Gasteiger partial charge in [0.05, 0.1) is 31.3 Å². The number of carboxylic acids is 1. The number of carboxylic acid groups (broad SMARTS) is 1. The lowest BCUT2D eigenvalue weighted by Crippen LogP contribution is -2.47. The van der Waals surface area contributed by atoms with Crippen molar-refractivity contribution >= 4 is 17.8 Å². The molecule has 11 heteroatoms. The van der Waals surface area contributed by atoms with Crippen molar-refractivity contribution in [2.45, 2.75) is 12.7 Å². The van der Waals surface area contributed by atoms with Crippen molar-refractivity contribution in [2.75, 3.05) is 20.3 Å². The molecule has 0 saturated heterocycles. The second kappa shape index (κ2) is 9.94. The first-order valence-electron chi connectivity index (χ1n) is 8.92. The molecule has 3 N–H and O–H groups in total. The van der Waals surface area contributed by atoms with E-state index >= 15 is 0 Å². The summed E-state index contributed by atoms with van der Waals surface area (Å²) in [6.07, 6.45) is -5.19. The second-order valence-corrected chi connectivity index (χ2v) is 6.18. The lowest BCUT2D eigenvalue weighted by atomic mass is 10.1. The highest BCUT2D eigenvalue weighted by atomic mass is 19.4. The van der Waals surface area contributed by atoms with Crippen LogP contribution >= 0.6 is 0 Å². The Morgan fingerprint density at radius 2 is 1.61 bits per heavy atom. The van der Waals surface area contributed by atoms with Crippen LogP contribution in [0.5, 0.6) is 11.5 Å². The number of carbonyl (C=O) groups is 3. The van der Waals surface area contributed by atoms with Crippen molar-refractivity contribution in [3.05, 3.63) is 59.2 Å². The Morgan fingerprint density at radius 3 is 2.06 bits per heavy atom. The van der Waals surface area contributed by atoms with E-state index in [2.05, 4.69) is 5.73 Å². The lowest BCUT2D eigenvalue weighted by molar-refractivity contribution is -0.386. The fourth-order valence-electron chi connectivity index (χ4n) is 2.68. The number of hydrogen-bond acceptors (Lipinski definition) is 6. The number of aliphatic carboxylic acids is 1. The number of ether oxygens (including phenoxy) is 2. The number of hydrogen-bond donors (Lipinski definition) is 1. The van der Waals surface area contributed by atoms with Gasteiger partial charge in [-0.2, -0.15) is 13.2 Å². The number of rotatable bonds is 6. The Kier molecular flexibility index (Phi) is 7.59. The van der Waals surface area contributed by atoms with Crippen LogP contribution in [0.25, 0.3) is 0 Å². The van der Waals surface area contributed by atoms with Crippen molar-refractivity contribution in [1.82, 2.24) is 4.90 Å². The summed E-state index contributed by atoms with van der Waals surface area (Å²) in [5, 5.41) is 8.78. The fourth-order valence-corrected chi connectivity index (χ4v) is 2.68. The zero-order chi connectivity index (χ0) is 23.2. The molecule has 0 aliphatic carbocycles. The minimum absolute atomic E-state index is 0.187. The quantitative estimate of drug-likeness (QED) is 0.649. The zero-order valence-corrected chi connectivity index (χ0v) is 16.4. The number of amides is 2. The van der Waals surface area contributed by atoms with E-state index in [1.807, 2.05) is 18.2 Å². The van der Waals surface area contributed by atoms with Crippen LogP contribution in [-0.2, 0) is 11.3 Å². The monoisotopic (exact) mass is 440 g/mol. The summed E-state index contributed by atoms with van der Waals surface area (Å²) in [6, 6.07) is 12.4. The van der Waals surface area contributed by atoms with Gasteiger partial charge in [-0.3, -0.25) is 14.5 Å². The molecule has 0 bridgehead atoms. The molecule has 3 rings (SSSR count). The van der Waals surface area contributed by atoms with Crippen molar-refractivity contribution in [2.24, 2.45) is 0 Å². The molecule has 0 spiro atoms.